The molecule has 1 amide bonds. The van der Waals surface area contributed by atoms with Crippen LogP contribution in [0.25, 0.3) is 0 Å². The van der Waals surface area contributed by atoms with Gasteiger partial charge in [0.15, 0.2) is 11.5 Å². The van der Waals surface area contributed by atoms with E-state index in [1.807, 2.05) is 0 Å². The highest BCUT2D eigenvalue weighted by Crippen LogP contribution is 2.38. The molecule has 3 rings (SSSR count). The van der Waals surface area contributed by atoms with Crippen LogP contribution in [0.2, 0.25) is 5.15 Å². The zero-order chi connectivity index (χ0) is 15.7. The standard InChI is InChI=1S/C14H9Br2ClN2O3/c15-7-3-8(13(17)18-6-7)14(20)19-10-5-12-11(4-9(10)16)21-1-2-22-12/h3-6H,1-2H2,(H,19,20). The summed E-state index contributed by atoms with van der Waals surface area (Å²) in [5.74, 6) is 0.859. The normalized spacial score (nSPS) is 12.9. The molecular formula is C14H9Br2ClN2O3. The molecule has 2 heterocycles. The van der Waals surface area contributed by atoms with Gasteiger partial charge in [0.1, 0.15) is 18.4 Å². The van der Waals surface area contributed by atoms with Crippen LogP contribution < -0.4 is 14.8 Å². The van der Waals surface area contributed by atoms with Crippen molar-refractivity contribution in [2.24, 2.45) is 0 Å². The van der Waals surface area contributed by atoms with E-state index in [-0.39, 0.29) is 16.6 Å². The summed E-state index contributed by atoms with van der Waals surface area (Å²) < 4.78 is 12.3. The number of nitrogens with zero attached hydrogens (tertiary/aromatic N) is 1. The number of benzene rings is 1. The van der Waals surface area contributed by atoms with Gasteiger partial charge in [-0.2, -0.15) is 0 Å². The molecule has 0 spiro atoms. The predicted molar refractivity (Wildman–Crippen MR) is 90.0 cm³/mol. The van der Waals surface area contributed by atoms with Crippen LogP contribution in [-0.4, -0.2) is 24.1 Å². The summed E-state index contributed by atoms with van der Waals surface area (Å²) in [5.41, 5.74) is 0.836. The van der Waals surface area contributed by atoms with Gasteiger partial charge in [-0.15, -0.1) is 0 Å². The van der Waals surface area contributed by atoms with Gasteiger partial charge in [-0.1, -0.05) is 11.6 Å². The number of fused-ring (bicyclic) bond motifs is 1. The first-order valence-corrected chi connectivity index (χ1v) is 8.22. The van der Waals surface area contributed by atoms with Crippen molar-refractivity contribution in [1.29, 1.82) is 0 Å². The van der Waals surface area contributed by atoms with Gasteiger partial charge in [0.2, 0.25) is 0 Å². The molecule has 0 aliphatic carbocycles. The third-order valence-electron chi connectivity index (χ3n) is 2.93. The average Bonchev–Trinajstić information content (AvgIpc) is 2.50. The maximum atomic E-state index is 12.4. The van der Waals surface area contributed by atoms with Crippen LogP contribution in [0.1, 0.15) is 10.4 Å². The molecule has 0 atom stereocenters. The third-order valence-corrected chi connectivity index (χ3v) is 4.32. The quantitative estimate of drug-likeness (QED) is 0.697. The Hall–Kier alpha value is -1.31. The average molecular weight is 448 g/mol. The number of carbonyl (C=O) groups excluding carboxylic acids is 1. The molecule has 8 heteroatoms. The van der Waals surface area contributed by atoms with Crippen LogP contribution in [0.5, 0.6) is 11.5 Å². The summed E-state index contributed by atoms with van der Waals surface area (Å²) in [6.07, 6.45) is 1.53. The molecule has 5 nitrogen and oxygen atoms in total. The lowest BCUT2D eigenvalue weighted by Crippen LogP contribution is -2.17. The number of carbonyl (C=O) groups is 1. The van der Waals surface area contributed by atoms with Crippen molar-refractivity contribution in [1.82, 2.24) is 4.98 Å². The summed E-state index contributed by atoms with van der Waals surface area (Å²) in [5, 5.41) is 2.91. The number of halogens is 3. The molecule has 1 aromatic heterocycles. The number of amides is 1. The predicted octanol–water partition coefficient (Wildman–Crippen LogP) is 4.28. The Morgan fingerprint density at radius 1 is 1.18 bits per heavy atom. The Bertz CT molecular complexity index is 755. The Kier molecular flexibility index (Phi) is 4.56. The molecule has 0 fully saturated rings. The van der Waals surface area contributed by atoms with E-state index in [2.05, 4.69) is 42.2 Å². The van der Waals surface area contributed by atoms with Gasteiger partial charge in [-0.05, 0) is 37.9 Å². The Morgan fingerprint density at radius 2 is 1.86 bits per heavy atom. The fraction of sp³-hybridized carbons (Fsp3) is 0.143. The van der Waals surface area contributed by atoms with Crippen molar-refractivity contribution >= 4 is 55.1 Å². The number of hydrogen-bond acceptors (Lipinski definition) is 4. The topological polar surface area (TPSA) is 60.5 Å². The number of anilines is 1. The Balaban J connectivity index is 1.89. The van der Waals surface area contributed by atoms with E-state index in [1.165, 1.54) is 6.20 Å². The minimum absolute atomic E-state index is 0.134. The second-order valence-electron chi connectivity index (χ2n) is 4.42. The minimum Gasteiger partial charge on any atom is -0.486 e. The molecule has 114 valence electrons. The van der Waals surface area contributed by atoms with Crippen molar-refractivity contribution in [2.75, 3.05) is 18.5 Å². The summed E-state index contributed by atoms with van der Waals surface area (Å²) in [6.45, 7) is 0.980. The lowest BCUT2D eigenvalue weighted by atomic mass is 10.2. The highest BCUT2D eigenvalue weighted by molar-refractivity contribution is 9.10. The Labute approximate surface area is 148 Å². The van der Waals surface area contributed by atoms with E-state index in [0.29, 0.717) is 39.3 Å². The lowest BCUT2D eigenvalue weighted by Gasteiger charge is -2.20. The summed E-state index contributed by atoms with van der Waals surface area (Å²) in [6, 6.07) is 5.07. The van der Waals surface area contributed by atoms with Gasteiger partial charge in [-0.3, -0.25) is 4.79 Å². The molecular weight excluding hydrogens is 439 g/mol. The van der Waals surface area contributed by atoms with Crippen LogP contribution in [0.15, 0.2) is 33.3 Å². The van der Waals surface area contributed by atoms with Crippen molar-refractivity contribution in [3.63, 3.8) is 0 Å². The monoisotopic (exact) mass is 446 g/mol. The molecule has 2 aromatic rings. The highest BCUT2D eigenvalue weighted by Gasteiger charge is 2.18. The first kappa shape index (κ1) is 15.6. The van der Waals surface area contributed by atoms with Gasteiger partial charge in [0.05, 0.1) is 11.3 Å². The number of aromatic nitrogens is 1. The van der Waals surface area contributed by atoms with E-state index in [9.17, 15) is 4.79 Å². The zero-order valence-electron chi connectivity index (χ0n) is 11.0. The molecule has 22 heavy (non-hydrogen) atoms. The maximum Gasteiger partial charge on any atom is 0.258 e. The minimum atomic E-state index is -0.365. The highest BCUT2D eigenvalue weighted by atomic mass is 79.9. The zero-order valence-corrected chi connectivity index (χ0v) is 15.0. The second-order valence-corrected chi connectivity index (χ2v) is 6.55. The molecule has 1 aromatic carbocycles. The molecule has 0 unspecified atom stereocenters. The smallest absolute Gasteiger partial charge is 0.258 e. The second kappa shape index (κ2) is 6.44. The molecule has 0 bridgehead atoms. The first-order valence-electron chi connectivity index (χ1n) is 6.26. The molecule has 1 N–H and O–H groups in total. The van der Waals surface area contributed by atoms with E-state index in [1.54, 1.807) is 18.2 Å². The van der Waals surface area contributed by atoms with E-state index < -0.39 is 0 Å². The van der Waals surface area contributed by atoms with Crippen LogP contribution >= 0.6 is 43.5 Å². The fourth-order valence-electron chi connectivity index (χ4n) is 1.93. The van der Waals surface area contributed by atoms with E-state index in [0.717, 1.165) is 0 Å². The van der Waals surface area contributed by atoms with Crippen molar-refractivity contribution in [3.8, 4) is 11.5 Å². The molecule has 1 aliphatic heterocycles. The number of hydrogen-bond donors (Lipinski definition) is 1. The SMILES string of the molecule is O=C(Nc1cc2c(cc1Br)OCCO2)c1cc(Br)cnc1Cl. The van der Waals surface area contributed by atoms with Gasteiger partial charge < -0.3 is 14.8 Å². The summed E-state index contributed by atoms with van der Waals surface area (Å²) in [7, 11) is 0. The van der Waals surface area contributed by atoms with Crippen molar-refractivity contribution < 1.29 is 14.3 Å². The molecule has 1 aliphatic rings. The first-order chi connectivity index (χ1) is 10.5. The Morgan fingerprint density at radius 3 is 2.59 bits per heavy atom. The van der Waals surface area contributed by atoms with Gasteiger partial charge in [0.25, 0.3) is 5.91 Å². The van der Waals surface area contributed by atoms with Crippen LogP contribution in [0.3, 0.4) is 0 Å². The lowest BCUT2D eigenvalue weighted by molar-refractivity contribution is 0.102. The maximum absolute atomic E-state index is 12.4. The van der Waals surface area contributed by atoms with Crippen molar-refractivity contribution in [3.05, 3.63) is 44.1 Å². The third kappa shape index (κ3) is 3.21. The van der Waals surface area contributed by atoms with Crippen LogP contribution in [0, 0.1) is 0 Å². The number of pyridine rings is 1. The van der Waals surface area contributed by atoms with Crippen LogP contribution in [0.4, 0.5) is 5.69 Å². The summed E-state index contributed by atoms with van der Waals surface area (Å²) in [4.78, 5) is 16.3. The number of ether oxygens (including phenoxy) is 2. The van der Waals surface area contributed by atoms with E-state index in [4.69, 9.17) is 21.1 Å². The molecule has 0 saturated carbocycles. The van der Waals surface area contributed by atoms with Gasteiger partial charge in [-0.25, -0.2) is 4.98 Å². The van der Waals surface area contributed by atoms with Gasteiger partial charge in [0, 0.05) is 27.3 Å². The van der Waals surface area contributed by atoms with Crippen molar-refractivity contribution in [2.45, 2.75) is 0 Å². The number of rotatable bonds is 2. The van der Waals surface area contributed by atoms with Crippen LogP contribution in [-0.2, 0) is 0 Å². The van der Waals surface area contributed by atoms with E-state index >= 15 is 0 Å². The molecule has 0 saturated heterocycles. The fourth-order valence-corrected chi connectivity index (χ4v) is 2.87. The largest absolute Gasteiger partial charge is 0.486 e. The molecule has 0 radical (unpaired) electrons. The van der Waals surface area contributed by atoms with Gasteiger partial charge >= 0.3 is 0 Å². The number of nitrogens with one attached hydrogen (secondary N) is 1. The summed E-state index contributed by atoms with van der Waals surface area (Å²) >= 11 is 12.6.